The molecule has 2 aliphatic rings. The van der Waals surface area contributed by atoms with Gasteiger partial charge in [0.1, 0.15) is 24.4 Å². The molecule has 1 aliphatic heterocycles. The Hall–Kier alpha value is -3.40. The summed E-state index contributed by atoms with van der Waals surface area (Å²) >= 11 is 0. The molecule has 248 valence electrons. The fraction of sp³-hybridized carbons (Fsp3) is 0.400. The molecule has 7 heteroatoms. The average Bonchev–Trinajstić information content (AvgIpc) is 3.12. The Bertz CT molecular complexity index is 1430. The van der Waals surface area contributed by atoms with E-state index in [1.54, 1.807) is 0 Å². The summed E-state index contributed by atoms with van der Waals surface area (Å²) in [5.74, 6) is -1.31. The van der Waals surface area contributed by atoms with Crippen LogP contribution in [0.4, 0.5) is 0 Å². The monoisotopic (exact) mass is 638 g/mol. The van der Waals surface area contributed by atoms with Crippen molar-refractivity contribution in [1.82, 2.24) is 0 Å². The van der Waals surface area contributed by atoms with Crippen LogP contribution >= 0.6 is 0 Å². The number of hydrogen-bond donors (Lipinski definition) is 1. The second kappa shape index (κ2) is 17.1. The Balaban J connectivity index is 1.31. The maximum absolute atomic E-state index is 11.6. The molecule has 4 aromatic rings. The lowest BCUT2D eigenvalue weighted by atomic mass is 9.93. The Labute approximate surface area is 278 Å². The first-order valence-corrected chi connectivity index (χ1v) is 16.8. The van der Waals surface area contributed by atoms with Crippen molar-refractivity contribution < 1.29 is 33.5 Å². The van der Waals surface area contributed by atoms with Gasteiger partial charge in [0.2, 0.25) is 0 Å². The minimum atomic E-state index is -1.31. The zero-order valence-electron chi connectivity index (χ0n) is 26.9. The molecule has 1 saturated heterocycles. The standard InChI is InChI=1S/C40H46O7/c41-40(24-14-5-15-25-40)47-39-38(45-29-34-22-12-4-13-23-34)37(44-28-33-20-10-3-11-21-33)36(43-27-32-18-8-2-9-19-32)35(46-39)30-42-26-31-16-6-1-7-17-31/h1-4,6-13,16-23,35-39,41H,5,14-15,24-30H2/t35-,36-,37+,38-,39+/m1/s1. The van der Waals surface area contributed by atoms with Gasteiger partial charge in [-0.2, -0.15) is 0 Å². The highest BCUT2D eigenvalue weighted by Gasteiger charge is 2.51. The van der Waals surface area contributed by atoms with E-state index in [2.05, 4.69) is 0 Å². The van der Waals surface area contributed by atoms with Crippen molar-refractivity contribution in [3.8, 4) is 0 Å². The predicted octanol–water partition coefficient (Wildman–Crippen LogP) is 7.35. The van der Waals surface area contributed by atoms with E-state index in [9.17, 15) is 5.11 Å². The van der Waals surface area contributed by atoms with Crippen LogP contribution in [0.3, 0.4) is 0 Å². The molecule has 0 bridgehead atoms. The van der Waals surface area contributed by atoms with Gasteiger partial charge in [0.05, 0.1) is 33.0 Å². The van der Waals surface area contributed by atoms with Crippen LogP contribution in [0.1, 0.15) is 54.4 Å². The van der Waals surface area contributed by atoms with Crippen molar-refractivity contribution in [2.24, 2.45) is 0 Å². The molecule has 0 radical (unpaired) electrons. The van der Waals surface area contributed by atoms with Crippen LogP contribution in [0.15, 0.2) is 121 Å². The minimum Gasteiger partial charge on any atom is -0.374 e. The summed E-state index contributed by atoms with van der Waals surface area (Å²) < 4.78 is 39.7. The lowest BCUT2D eigenvalue weighted by Crippen LogP contribution is -2.63. The normalized spacial score (nSPS) is 24.1. The zero-order valence-corrected chi connectivity index (χ0v) is 26.9. The topological polar surface area (TPSA) is 75.6 Å². The molecule has 0 unspecified atom stereocenters. The molecule has 5 atom stereocenters. The third-order valence-corrected chi connectivity index (χ3v) is 8.81. The van der Waals surface area contributed by atoms with Crippen LogP contribution in [-0.4, -0.2) is 48.2 Å². The van der Waals surface area contributed by atoms with E-state index in [0.717, 1.165) is 41.5 Å². The van der Waals surface area contributed by atoms with Gasteiger partial charge in [-0.25, -0.2) is 0 Å². The van der Waals surface area contributed by atoms with Gasteiger partial charge < -0.3 is 33.5 Å². The highest BCUT2D eigenvalue weighted by atomic mass is 16.8. The van der Waals surface area contributed by atoms with Crippen molar-refractivity contribution in [2.45, 2.75) is 95.0 Å². The number of ether oxygens (including phenoxy) is 6. The van der Waals surface area contributed by atoms with E-state index in [1.165, 1.54) is 0 Å². The average molecular weight is 639 g/mol. The molecule has 4 aromatic carbocycles. The summed E-state index contributed by atoms with van der Waals surface area (Å²) in [6, 6.07) is 40.2. The molecule has 0 amide bonds. The summed E-state index contributed by atoms with van der Waals surface area (Å²) in [6.07, 6.45) is 0.596. The largest absolute Gasteiger partial charge is 0.374 e. The summed E-state index contributed by atoms with van der Waals surface area (Å²) in [5, 5.41) is 11.6. The lowest BCUT2D eigenvalue weighted by Gasteiger charge is -2.48. The molecule has 0 aromatic heterocycles. The van der Waals surface area contributed by atoms with Crippen molar-refractivity contribution in [2.75, 3.05) is 6.61 Å². The third-order valence-electron chi connectivity index (χ3n) is 8.81. The Kier molecular flexibility index (Phi) is 12.2. The molecular formula is C40H46O7. The van der Waals surface area contributed by atoms with E-state index in [-0.39, 0.29) is 6.61 Å². The second-order valence-corrected chi connectivity index (χ2v) is 12.5. The SMILES string of the molecule is OC1(O[C@@H]2O[C@H](COCc3ccccc3)[C@@H](OCc3ccccc3)[C@H](OCc3ccccc3)[C@H]2OCc2ccccc2)CCCCC1. The fourth-order valence-corrected chi connectivity index (χ4v) is 6.28. The molecule has 47 heavy (non-hydrogen) atoms. The minimum absolute atomic E-state index is 0.239. The first-order valence-electron chi connectivity index (χ1n) is 16.8. The van der Waals surface area contributed by atoms with Gasteiger partial charge in [-0.1, -0.05) is 128 Å². The first kappa shape index (κ1) is 33.5. The number of rotatable bonds is 15. The number of aliphatic hydroxyl groups is 1. The summed E-state index contributed by atoms with van der Waals surface area (Å²) in [6.45, 7) is 1.68. The number of hydrogen-bond acceptors (Lipinski definition) is 7. The maximum Gasteiger partial charge on any atom is 0.190 e. The van der Waals surface area contributed by atoms with Gasteiger partial charge in [-0.05, 0) is 35.1 Å². The zero-order chi connectivity index (χ0) is 32.2. The molecule has 1 saturated carbocycles. The van der Waals surface area contributed by atoms with E-state index >= 15 is 0 Å². The fourth-order valence-electron chi connectivity index (χ4n) is 6.28. The van der Waals surface area contributed by atoms with Crippen molar-refractivity contribution in [3.05, 3.63) is 144 Å². The molecule has 6 rings (SSSR count). The first-order chi connectivity index (χ1) is 23.2. The van der Waals surface area contributed by atoms with Gasteiger partial charge in [0.15, 0.2) is 12.1 Å². The highest BCUT2D eigenvalue weighted by molar-refractivity contribution is 5.16. The lowest BCUT2D eigenvalue weighted by molar-refractivity contribution is -0.380. The predicted molar refractivity (Wildman–Crippen MR) is 179 cm³/mol. The third kappa shape index (κ3) is 9.81. The van der Waals surface area contributed by atoms with Crippen LogP contribution in [0.2, 0.25) is 0 Å². The van der Waals surface area contributed by atoms with E-state index in [1.807, 2.05) is 121 Å². The van der Waals surface area contributed by atoms with Crippen LogP contribution in [0.5, 0.6) is 0 Å². The maximum atomic E-state index is 11.6. The Morgan fingerprint density at radius 2 is 0.957 bits per heavy atom. The molecule has 0 spiro atoms. The van der Waals surface area contributed by atoms with Crippen LogP contribution < -0.4 is 0 Å². The van der Waals surface area contributed by atoms with Gasteiger partial charge in [-0.3, -0.25) is 0 Å². The van der Waals surface area contributed by atoms with Gasteiger partial charge in [0, 0.05) is 12.8 Å². The Morgan fingerprint density at radius 3 is 1.45 bits per heavy atom. The molecule has 1 heterocycles. The van der Waals surface area contributed by atoms with Gasteiger partial charge in [-0.15, -0.1) is 0 Å². The van der Waals surface area contributed by atoms with E-state index in [0.29, 0.717) is 39.3 Å². The molecule has 7 nitrogen and oxygen atoms in total. The molecule has 2 fully saturated rings. The Morgan fingerprint density at radius 1 is 0.532 bits per heavy atom. The highest BCUT2D eigenvalue weighted by Crippen LogP contribution is 2.37. The number of benzene rings is 4. The van der Waals surface area contributed by atoms with Crippen molar-refractivity contribution in [1.29, 1.82) is 0 Å². The van der Waals surface area contributed by atoms with E-state index < -0.39 is 36.5 Å². The summed E-state index contributed by atoms with van der Waals surface area (Å²) in [5.41, 5.74) is 4.15. The van der Waals surface area contributed by atoms with Crippen molar-refractivity contribution >= 4 is 0 Å². The molecule has 1 N–H and O–H groups in total. The molecular weight excluding hydrogens is 592 g/mol. The second-order valence-electron chi connectivity index (χ2n) is 12.5. The van der Waals surface area contributed by atoms with Gasteiger partial charge >= 0.3 is 0 Å². The van der Waals surface area contributed by atoms with Gasteiger partial charge in [0.25, 0.3) is 0 Å². The quantitative estimate of drug-likeness (QED) is 0.137. The van der Waals surface area contributed by atoms with E-state index in [4.69, 9.17) is 28.4 Å². The van der Waals surface area contributed by atoms with Crippen LogP contribution in [0, 0.1) is 0 Å². The summed E-state index contributed by atoms with van der Waals surface area (Å²) in [4.78, 5) is 0. The van der Waals surface area contributed by atoms with Crippen LogP contribution in [0.25, 0.3) is 0 Å². The molecule has 1 aliphatic carbocycles. The summed E-state index contributed by atoms with van der Waals surface area (Å²) in [7, 11) is 0. The smallest absolute Gasteiger partial charge is 0.190 e. The van der Waals surface area contributed by atoms with Crippen LogP contribution in [-0.2, 0) is 54.8 Å². The van der Waals surface area contributed by atoms with Crippen molar-refractivity contribution in [3.63, 3.8) is 0 Å².